The fourth-order valence-electron chi connectivity index (χ4n) is 3.82. The van der Waals surface area contributed by atoms with Crippen LogP contribution in [0.1, 0.15) is 34.6 Å². The minimum Gasteiger partial charge on any atom is -0.480 e. The molecule has 1 saturated carbocycles. The molecular formula is C16H23F3N2O4. The normalized spacial score (nSPS) is 29.0. The van der Waals surface area contributed by atoms with Crippen molar-refractivity contribution >= 4 is 17.8 Å². The zero-order valence-corrected chi connectivity index (χ0v) is 14.8. The number of hydrogen-bond acceptors (Lipinski definition) is 3. The van der Waals surface area contributed by atoms with Crippen molar-refractivity contribution < 1.29 is 32.7 Å². The number of nitrogens with one attached hydrogen (secondary N) is 1. The number of carbonyl (C=O) groups excluding carboxylic acids is 2. The molecule has 1 heterocycles. The molecule has 9 heteroatoms. The van der Waals surface area contributed by atoms with Crippen molar-refractivity contribution in [3.05, 3.63) is 0 Å². The van der Waals surface area contributed by atoms with Crippen LogP contribution in [0.25, 0.3) is 0 Å². The zero-order valence-electron chi connectivity index (χ0n) is 14.8. The number of carboxylic acids is 1. The Morgan fingerprint density at radius 2 is 1.72 bits per heavy atom. The van der Waals surface area contributed by atoms with Crippen molar-refractivity contribution in [2.24, 2.45) is 22.7 Å². The van der Waals surface area contributed by atoms with Gasteiger partial charge < -0.3 is 15.3 Å². The highest BCUT2D eigenvalue weighted by Gasteiger charge is 2.70. The molecule has 4 atom stereocenters. The van der Waals surface area contributed by atoms with E-state index in [1.807, 2.05) is 13.8 Å². The van der Waals surface area contributed by atoms with Crippen molar-refractivity contribution in [1.29, 1.82) is 0 Å². The summed E-state index contributed by atoms with van der Waals surface area (Å²) >= 11 is 0. The molecule has 1 saturated heterocycles. The Balaban J connectivity index is 2.26. The van der Waals surface area contributed by atoms with E-state index in [2.05, 4.69) is 0 Å². The van der Waals surface area contributed by atoms with Crippen LogP contribution < -0.4 is 5.32 Å². The summed E-state index contributed by atoms with van der Waals surface area (Å²) in [5, 5.41) is 11.2. The molecule has 6 nitrogen and oxygen atoms in total. The van der Waals surface area contributed by atoms with Gasteiger partial charge in [-0.3, -0.25) is 9.59 Å². The molecule has 0 aromatic rings. The molecule has 1 aliphatic heterocycles. The molecule has 0 aromatic heterocycles. The maximum absolute atomic E-state index is 12.8. The van der Waals surface area contributed by atoms with Crippen molar-refractivity contribution in [1.82, 2.24) is 10.2 Å². The van der Waals surface area contributed by atoms with Gasteiger partial charge in [0.15, 0.2) is 0 Å². The third-order valence-electron chi connectivity index (χ3n) is 5.39. The lowest BCUT2D eigenvalue weighted by atomic mass is 9.85. The second kappa shape index (κ2) is 5.60. The summed E-state index contributed by atoms with van der Waals surface area (Å²) in [6.07, 6.45) is -5.12. The number of rotatable bonds is 3. The number of fused-ring (bicyclic) bond motifs is 1. The Bertz CT molecular complexity index is 609. The van der Waals surface area contributed by atoms with Crippen LogP contribution in [-0.4, -0.2) is 52.6 Å². The van der Waals surface area contributed by atoms with Crippen LogP contribution >= 0.6 is 0 Å². The molecule has 0 bridgehead atoms. The average molecular weight is 364 g/mol. The number of likely N-dealkylation sites (tertiary alicyclic amines) is 1. The first kappa shape index (κ1) is 19.5. The lowest BCUT2D eigenvalue weighted by Gasteiger charge is -2.36. The predicted octanol–water partition coefficient (Wildman–Crippen LogP) is 1.65. The highest BCUT2D eigenvalue weighted by Crippen LogP contribution is 2.65. The summed E-state index contributed by atoms with van der Waals surface area (Å²) in [6.45, 7) is 8.54. The first-order chi connectivity index (χ1) is 11.1. The van der Waals surface area contributed by atoms with E-state index in [1.54, 1.807) is 5.32 Å². The molecule has 1 aliphatic carbocycles. The number of piperidine rings is 1. The number of carboxylic acid groups (broad SMARTS) is 1. The average Bonchev–Trinajstić information content (AvgIpc) is 2.82. The monoisotopic (exact) mass is 364 g/mol. The van der Waals surface area contributed by atoms with Crippen LogP contribution in [0.2, 0.25) is 0 Å². The van der Waals surface area contributed by atoms with E-state index in [9.17, 15) is 32.7 Å². The van der Waals surface area contributed by atoms with E-state index in [0.717, 1.165) is 4.90 Å². The Hall–Kier alpha value is -1.80. The Kier molecular flexibility index (Phi) is 4.38. The summed E-state index contributed by atoms with van der Waals surface area (Å²) < 4.78 is 37.7. The van der Waals surface area contributed by atoms with Crippen LogP contribution in [0.3, 0.4) is 0 Å². The fourth-order valence-corrected chi connectivity index (χ4v) is 3.82. The standard InChI is InChI=1S/C16H23F3N2O4/c1-14(2,3)10(20-13(25)16(17,18)19)11(22)21-6-7-8(15(7,4)5)9(21)12(23)24/h7-10H,6H2,1-5H3,(H,20,25)(H,23,24)/t7-,8-,9-,10+/m0/s1. The molecule has 0 unspecified atom stereocenters. The maximum atomic E-state index is 12.8. The zero-order chi connectivity index (χ0) is 19.5. The van der Waals surface area contributed by atoms with Crippen molar-refractivity contribution in [2.45, 2.75) is 52.9 Å². The molecule has 2 N–H and O–H groups in total. The smallest absolute Gasteiger partial charge is 0.471 e. The number of amides is 2. The molecule has 2 fully saturated rings. The van der Waals surface area contributed by atoms with Crippen LogP contribution in [0.5, 0.6) is 0 Å². The highest BCUT2D eigenvalue weighted by molar-refractivity contribution is 5.93. The summed E-state index contributed by atoms with van der Waals surface area (Å²) in [4.78, 5) is 36.9. The van der Waals surface area contributed by atoms with Gasteiger partial charge in [0, 0.05) is 12.5 Å². The van der Waals surface area contributed by atoms with Crippen LogP contribution in [-0.2, 0) is 14.4 Å². The van der Waals surface area contributed by atoms with E-state index < -0.39 is 41.5 Å². The number of nitrogens with zero attached hydrogens (tertiary/aromatic N) is 1. The quantitative estimate of drug-likeness (QED) is 0.797. The van der Waals surface area contributed by atoms with Gasteiger partial charge >= 0.3 is 18.1 Å². The number of carbonyl (C=O) groups is 3. The second-order valence-corrected chi connectivity index (χ2v) is 8.50. The molecule has 2 rings (SSSR count). The molecule has 2 aliphatic rings. The number of halogens is 3. The van der Waals surface area contributed by atoms with E-state index >= 15 is 0 Å². The Labute approximate surface area is 143 Å². The Morgan fingerprint density at radius 3 is 2.12 bits per heavy atom. The molecule has 0 radical (unpaired) electrons. The van der Waals surface area contributed by atoms with E-state index in [4.69, 9.17) is 0 Å². The van der Waals surface area contributed by atoms with Crippen LogP contribution in [0.4, 0.5) is 13.2 Å². The SMILES string of the molecule is CC(C)(C)[C@H](NC(=O)C(F)(F)F)C(=O)N1C[C@H]2[C@@H]([C@H]1C(=O)O)C2(C)C. The lowest BCUT2D eigenvalue weighted by Crippen LogP contribution is -2.59. The van der Waals surface area contributed by atoms with E-state index in [-0.39, 0.29) is 23.8 Å². The minimum absolute atomic E-state index is 0.00325. The summed E-state index contributed by atoms with van der Waals surface area (Å²) in [5.41, 5.74) is -1.23. The summed E-state index contributed by atoms with van der Waals surface area (Å²) in [5.74, 6) is -4.41. The highest BCUT2D eigenvalue weighted by atomic mass is 19.4. The third-order valence-corrected chi connectivity index (χ3v) is 5.39. The third kappa shape index (κ3) is 3.32. The predicted molar refractivity (Wildman–Crippen MR) is 81.3 cm³/mol. The van der Waals surface area contributed by atoms with Gasteiger partial charge in [0.05, 0.1) is 0 Å². The van der Waals surface area contributed by atoms with Gasteiger partial charge in [-0.25, -0.2) is 4.79 Å². The largest absolute Gasteiger partial charge is 0.480 e. The van der Waals surface area contributed by atoms with Gasteiger partial charge in [0.25, 0.3) is 0 Å². The van der Waals surface area contributed by atoms with Crippen LogP contribution in [0, 0.1) is 22.7 Å². The molecule has 142 valence electrons. The van der Waals surface area contributed by atoms with Gasteiger partial charge in [-0.1, -0.05) is 34.6 Å². The van der Waals surface area contributed by atoms with Crippen LogP contribution in [0.15, 0.2) is 0 Å². The maximum Gasteiger partial charge on any atom is 0.471 e. The fraction of sp³-hybridized carbons (Fsp3) is 0.812. The minimum atomic E-state index is -5.12. The molecule has 25 heavy (non-hydrogen) atoms. The lowest BCUT2D eigenvalue weighted by molar-refractivity contribution is -0.176. The van der Waals surface area contributed by atoms with Gasteiger partial charge in [0.2, 0.25) is 5.91 Å². The van der Waals surface area contributed by atoms with E-state index in [1.165, 1.54) is 20.8 Å². The topological polar surface area (TPSA) is 86.7 Å². The van der Waals surface area contributed by atoms with Gasteiger partial charge in [-0.05, 0) is 16.7 Å². The molecular weight excluding hydrogens is 341 g/mol. The van der Waals surface area contributed by atoms with Gasteiger partial charge in [-0.15, -0.1) is 0 Å². The number of aliphatic carboxylic acids is 1. The van der Waals surface area contributed by atoms with E-state index in [0.29, 0.717) is 0 Å². The Morgan fingerprint density at radius 1 is 1.20 bits per heavy atom. The van der Waals surface area contributed by atoms with Crippen molar-refractivity contribution in [3.63, 3.8) is 0 Å². The van der Waals surface area contributed by atoms with Crippen molar-refractivity contribution in [3.8, 4) is 0 Å². The molecule has 2 amide bonds. The summed E-state index contributed by atoms with van der Waals surface area (Å²) in [6, 6.07) is -2.55. The molecule has 0 aromatic carbocycles. The number of hydrogen-bond donors (Lipinski definition) is 2. The molecule has 0 spiro atoms. The van der Waals surface area contributed by atoms with Gasteiger partial charge in [-0.2, -0.15) is 13.2 Å². The first-order valence-electron chi connectivity index (χ1n) is 8.01. The van der Waals surface area contributed by atoms with Gasteiger partial charge in [0.1, 0.15) is 12.1 Å². The second-order valence-electron chi connectivity index (χ2n) is 8.50. The first-order valence-corrected chi connectivity index (χ1v) is 8.01. The summed E-state index contributed by atoms with van der Waals surface area (Å²) in [7, 11) is 0. The van der Waals surface area contributed by atoms with Crippen molar-refractivity contribution in [2.75, 3.05) is 6.54 Å². The number of alkyl halides is 3.